The molecule has 0 N–H and O–H groups in total. The zero-order chi connectivity index (χ0) is 28.6. The average Bonchev–Trinajstić information content (AvgIpc) is 3.32. The first-order chi connectivity index (χ1) is 20.0. The van der Waals surface area contributed by atoms with Gasteiger partial charge in [0.05, 0.1) is 23.1 Å². The van der Waals surface area contributed by atoms with Crippen LogP contribution in [0.25, 0.3) is 22.5 Å². The van der Waals surface area contributed by atoms with Crippen LogP contribution in [0.1, 0.15) is 48.9 Å². The molecule has 0 radical (unpaired) electrons. The van der Waals surface area contributed by atoms with Gasteiger partial charge < -0.3 is 19.1 Å². The molecule has 0 saturated heterocycles. The quantitative estimate of drug-likeness (QED) is 0.151. The van der Waals surface area contributed by atoms with Crippen LogP contribution >= 0.6 is 0 Å². The van der Waals surface area contributed by atoms with Crippen LogP contribution in [-0.4, -0.2) is 47.7 Å². The van der Waals surface area contributed by atoms with Crippen molar-refractivity contribution >= 4 is 17.8 Å². The summed E-state index contributed by atoms with van der Waals surface area (Å²) in [5.74, 6) is -0.260. The Bertz CT molecular complexity index is 1480. The van der Waals surface area contributed by atoms with E-state index in [1.807, 2.05) is 54.7 Å². The molecule has 5 rings (SSSR count). The van der Waals surface area contributed by atoms with E-state index in [2.05, 4.69) is 30.9 Å². The number of esters is 2. The van der Waals surface area contributed by atoms with Gasteiger partial charge in [0.25, 0.3) is 6.29 Å². The van der Waals surface area contributed by atoms with Gasteiger partial charge >= 0.3 is 11.9 Å². The standard InChI is InChI=1S/C33H33N3O5/c1-23(2)36(19-11-12-20-39-22-29(37)40-33-27-18-10-9-17-26(27)32(38)41-33)28-21-34-30(24-13-5-3-6-14-24)31(35-28)25-15-7-4-8-16-25/h3-10,13-18,21,23,33H,11-12,19-20,22H2,1-2H3. The van der Waals surface area contributed by atoms with Gasteiger partial charge in [0.2, 0.25) is 0 Å². The van der Waals surface area contributed by atoms with Gasteiger partial charge in [-0.05, 0) is 32.8 Å². The van der Waals surface area contributed by atoms with E-state index in [1.54, 1.807) is 24.3 Å². The summed E-state index contributed by atoms with van der Waals surface area (Å²) in [6.45, 7) is 5.21. The van der Waals surface area contributed by atoms with Crippen molar-refractivity contribution in [2.75, 3.05) is 24.7 Å². The Morgan fingerprint density at radius 3 is 2.27 bits per heavy atom. The molecule has 0 amide bonds. The van der Waals surface area contributed by atoms with Crippen molar-refractivity contribution in [3.8, 4) is 22.5 Å². The fourth-order valence-electron chi connectivity index (χ4n) is 4.76. The number of hydrogen-bond acceptors (Lipinski definition) is 8. The molecule has 0 bridgehead atoms. The lowest BCUT2D eigenvalue weighted by atomic mass is 10.0. The molecule has 0 spiro atoms. The molecule has 0 saturated carbocycles. The van der Waals surface area contributed by atoms with Crippen LogP contribution in [0.3, 0.4) is 0 Å². The monoisotopic (exact) mass is 551 g/mol. The first kappa shape index (κ1) is 28.0. The van der Waals surface area contributed by atoms with Gasteiger partial charge in [-0.2, -0.15) is 0 Å². The maximum Gasteiger partial charge on any atom is 0.342 e. The molecule has 1 aliphatic heterocycles. The summed E-state index contributed by atoms with van der Waals surface area (Å²) in [5.41, 5.74) is 4.69. The summed E-state index contributed by atoms with van der Waals surface area (Å²) >= 11 is 0. The zero-order valence-electron chi connectivity index (χ0n) is 23.2. The summed E-state index contributed by atoms with van der Waals surface area (Å²) in [5, 5.41) is 0. The second-order valence-electron chi connectivity index (χ2n) is 10.0. The van der Waals surface area contributed by atoms with E-state index in [4.69, 9.17) is 24.2 Å². The van der Waals surface area contributed by atoms with Crippen LogP contribution in [0.5, 0.6) is 0 Å². The number of nitrogens with zero attached hydrogens (tertiary/aromatic N) is 3. The maximum atomic E-state index is 12.2. The second kappa shape index (κ2) is 13.2. The molecule has 0 fully saturated rings. The SMILES string of the molecule is CC(C)N(CCCCOCC(=O)OC1OC(=O)c2ccccc21)c1cnc(-c2ccccc2)c(-c2ccccc2)n1. The van der Waals surface area contributed by atoms with E-state index in [-0.39, 0.29) is 12.6 Å². The minimum Gasteiger partial charge on any atom is -0.419 e. The molecule has 0 aliphatic carbocycles. The van der Waals surface area contributed by atoms with Crippen LogP contribution in [0.2, 0.25) is 0 Å². The summed E-state index contributed by atoms with van der Waals surface area (Å²) in [7, 11) is 0. The summed E-state index contributed by atoms with van der Waals surface area (Å²) in [6, 6.07) is 27.3. The molecule has 210 valence electrons. The van der Waals surface area contributed by atoms with Crippen molar-refractivity contribution in [3.05, 3.63) is 102 Å². The minimum atomic E-state index is -1.02. The summed E-state index contributed by atoms with van der Waals surface area (Å²) in [4.78, 5) is 36.3. The van der Waals surface area contributed by atoms with Crippen molar-refractivity contribution in [2.24, 2.45) is 0 Å². The topological polar surface area (TPSA) is 90.8 Å². The predicted octanol–water partition coefficient (Wildman–Crippen LogP) is 6.23. The van der Waals surface area contributed by atoms with Gasteiger partial charge in [-0.25, -0.2) is 14.6 Å². The number of cyclic esters (lactones) is 1. The number of anilines is 1. The van der Waals surface area contributed by atoms with E-state index in [0.717, 1.165) is 47.7 Å². The second-order valence-corrected chi connectivity index (χ2v) is 10.0. The van der Waals surface area contributed by atoms with Crippen LogP contribution in [0.4, 0.5) is 5.82 Å². The van der Waals surface area contributed by atoms with E-state index in [9.17, 15) is 9.59 Å². The number of fused-ring (bicyclic) bond motifs is 1. The number of carbonyl (C=O) groups excluding carboxylic acids is 2. The fourth-order valence-corrected chi connectivity index (χ4v) is 4.76. The van der Waals surface area contributed by atoms with E-state index < -0.39 is 18.2 Å². The van der Waals surface area contributed by atoms with Gasteiger partial charge in [-0.15, -0.1) is 0 Å². The number of ether oxygens (including phenoxy) is 3. The van der Waals surface area contributed by atoms with Crippen molar-refractivity contribution in [1.82, 2.24) is 9.97 Å². The summed E-state index contributed by atoms with van der Waals surface area (Å²) < 4.78 is 16.0. The number of aromatic nitrogens is 2. The Hall–Kier alpha value is -4.56. The van der Waals surface area contributed by atoms with Crippen LogP contribution in [0.15, 0.2) is 91.1 Å². The third kappa shape index (κ3) is 6.78. The molecule has 1 unspecified atom stereocenters. The number of benzene rings is 3. The van der Waals surface area contributed by atoms with Gasteiger partial charge in [-0.3, -0.25) is 4.98 Å². The van der Waals surface area contributed by atoms with Crippen molar-refractivity contribution in [1.29, 1.82) is 0 Å². The lowest BCUT2D eigenvalue weighted by Gasteiger charge is -2.28. The predicted molar refractivity (Wildman–Crippen MR) is 156 cm³/mol. The molecular weight excluding hydrogens is 518 g/mol. The van der Waals surface area contributed by atoms with Gasteiger partial charge in [-0.1, -0.05) is 78.9 Å². The number of hydrogen-bond donors (Lipinski definition) is 0. The van der Waals surface area contributed by atoms with Gasteiger partial charge in [0, 0.05) is 35.9 Å². The smallest absolute Gasteiger partial charge is 0.342 e. The molecule has 1 atom stereocenters. The maximum absolute atomic E-state index is 12.2. The van der Waals surface area contributed by atoms with Crippen LogP contribution < -0.4 is 4.90 Å². The molecular formula is C33H33N3O5. The van der Waals surface area contributed by atoms with E-state index in [0.29, 0.717) is 17.7 Å². The highest BCUT2D eigenvalue weighted by molar-refractivity contribution is 5.94. The molecule has 1 aliphatic rings. The zero-order valence-corrected chi connectivity index (χ0v) is 23.2. The first-order valence-electron chi connectivity index (χ1n) is 13.8. The molecule has 1 aromatic heterocycles. The highest BCUT2D eigenvalue weighted by Crippen LogP contribution is 2.32. The molecule has 8 heteroatoms. The molecule has 2 heterocycles. The largest absolute Gasteiger partial charge is 0.419 e. The molecule has 41 heavy (non-hydrogen) atoms. The Kier molecular flexibility index (Phi) is 9.01. The highest BCUT2D eigenvalue weighted by atomic mass is 16.7. The third-order valence-electron chi connectivity index (χ3n) is 6.82. The normalized spacial score (nSPS) is 14.0. The van der Waals surface area contributed by atoms with Crippen molar-refractivity contribution in [2.45, 2.75) is 39.0 Å². The van der Waals surface area contributed by atoms with Crippen molar-refractivity contribution in [3.63, 3.8) is 0 Å². The van der Waals surface area contributed by atoms with Crippen LogP contribution in [0, 0.1) is 0 Å². The molecule has 8 nitrogen and oxygen atoms in total. The van der Waals surface area contributed by atoms with Crippen LogP contribution in [-0.2, 0) is 19.0 Å². The summed E-state index contributed by atoms with van der Waals surface area (Å²) in [6.07, 6.45) is 2.40. The Labute approximate surface area is 239 Å². The Morgan fingerprint density at radius 2 is 1.56 bits per heavy atom. The Balaban J connectivity index is 1.15. The average molecular weight is 552 g/mol. The first-order valence-corrected chi connectivity index (χ1v) is 13.8. The molecule has 4 aromatic rings. The number of rotatable bonds is 12. The molecule has 3 aromatic carbocycles. The van der Waals surface area contributed by atoms with E-state index >= 15 is 0 Å². The van der Waals surface area contributed by atoms with Gasteiger partial charge in [0.15, 0.2) is 0 Å². The highest BCUT2D eigenvalue weighted by Gasteiger charge is 2.33. The van der Waals surface area contributed by atoms with Crippen molar-refractivity contribution < 1.29 is 23.8 Å². The lowest BCUT2D eigenvalue weighted by Crippen LogP contribution is -2.33. The van der Waals surface area contributed by atoms with E-state index in [1.165, 1.54) is 0 Å². The fraction of sp³-hybridized carbons (Fsp3) is 0.273. The number of carbonyl (C=O) groups is 2. The minimum absolute atomic E-state index is 0.211. The Morgan fingerprint density at radius 1 is 0.902 bits per heavy atom. The lowest BCUT2D eigenvalue weighted by molar-refractivity contribution is -0.172. The van der Waals surface area contributed by atoms with Gasteiger partial charge in [0.1, 0.15) is 12.4 Å². The number of unbranched alkanes of at least 4 members (excludes halogenated alkanes) is 1. The third-order valence-corrected chi connectivity index (χ3v) is 6.82.